The molecule has 1 atom stereocenters. The number of hydrogen-bond donors (Lipinski definition) is 3. The van der Waals surface area contributed by atoms with Gasteiger partial charge in [-0.1, -0.05) is 6.07 Å². The molecule has 1 aromatic carbocycles. The zero-order valence-electron chi connectivity index (χ0n) is 7.86. The molecule has 4 heteroatoms. The molecule has 4 N–H and O–H groups in total. The van der Waals surface area contributed by atoms with Crippen LogP contribution >= 0.6 is 0 Å². The highest BCUT2D eigenvalue weighted by molar-refractivity contribution is 5.53. The van der Waals surface area contributed by atoms with Crippen molar-refractivity contribution in [2.45, 2.75) is 6.04 Å². The summed E-state index contributed by atoms with van der Waals surface area (Å²) in [7, 11) is 0. The average Bonchev–Trinajstić information content (AvgIpc) is 2.23. The van der Waals surface area contributed by atoms with Crippen molar-refractivity contribution < 1.29 is 9.84 Å². The van der Waals surface area contributed by atoms with Crippen LogP contribution in [0.1, 0.15) is 11.6 Å². The Balaban J connectivity index is 2.18. The Bertz CT molecular complexity index is 322. The molecule has 0 saturated carbocycles. The molecule has 0 unspecified atom stereocenters. The molecule has 0 radical (unpaired) electrons. The van der Waals surface area contributed by atoms with E-state index in [1.54, 1.807) is 12.1 Å². The molecule has 1 heterocycles. The molecule has 1 aromatic rings. The van der Waals surface area contributed by atoms with Crippen molar-refractivity contribution in [3.8, 4) is 5.75 Å². The van der Waals surface area contributed by atoms with Gasteiger partial charge < -0.3 is 20.9 Å². The van der Waals surface area contributed by atoms with Gasteiger partial charge in [0.1, 0.15) is 5.75 Å². The fourth-order valence-corrected chi connectivity index (χ4v) is 1.56. The van der Waals surface area contributed by atoms with Gasteiger partial charge in [-0.05, 0) is 17.7 Å². The summed E-state index contributed by atoms with van der Waals surface area (Å²) in [5, 5.41) is 12.7. The smallest absolute Gasteiger partial charge is 0.138 e. The van der Waals surface area contributed by atoms with Crippen LogP contribution < -0.4 is 11.1 Å². The summed E-state index contributed by atoms with van der Waals surface area (Å²) >= 11 is 0. The lowest BCUT2D eigenvalue weighted by Crippen LogP contribution is -2.34. The summed E-state index contributed by atoms with van der Waals surface area (Å²) in [5.74, 6) is 0.134. The summed E-state index contributed by atoms with van der Waals surface area (Å²) in [6.07, 6.45) is 0. The van der Waals surface area contributed by atoms with Crippen LogP contribution in [0.2, 0.25) is 0 Å². The number of rotatable bonds is 1. The molecule has 1 aliphatic rings. The fourth-order valence-electron chi connectivity index (χ4n) is 1.56. The van der Waals surface area contributed by atoms with Crippen molar-refractivity contribution in [1.82, 2.24) is 5.32 Å². The van der Waals surface area contributed by atoms with Crippen molar-refractivity contribution in [2.75, 3.05) is 25.5 Å². The lowest BCUT2D eigenvalue weighted by Gasteiger charge is -2.24. The number of nitrogens with one attached hydrogen (secondary N) is 1. The minimum atomic E-state index is 0.134. The third-order valence-electron chi connectivity index (χ3n) is 2.38. The minimum absolute atomic E-state index is 0.134. The number of morpholine rings is 1. The summed E-state index contributed by atoms with van der Waals surface area (Å²) < 4.78 is 5.33. The van der Waals surface area contributed by atoms with Gasteiger partial charge >= 0.3 is 0 Å². The van der Waals surface area contributed by atoms with Gasteiger partial charge in [-0.3, -0.25) is 0 Å². The van der Waals surface area contributed by atoms with Gasteiger partial charge in [0.05, 0.1) is 24.9 Å². The molecule has 2 rings (SSSR count). The molecular weight excluding hydrogens is 180 g/mol. The van der Waals surface area contributed by atoms with Gasteiger partial charge in [0.25, 0.3) is 0 Å². The SMILES string of the molecule is Nc1ccc([C@H]2COCCN2)cc1O. The van der Waals surface area contributed by atoms with Crippen molar-refractivity contribution in [3.63, 3.8) is 0 Å². The second-order valence-corrected chi connectivity index (χ2v) is 3.40. The number of anilines is 1. The third kappa shape index (κ3) is 1.81. The van der Waals surface area contributed by atoms with E-state index in [1.807, 2.05) is 6.07 Å². The maximum atomic E-state index is 9.44. The number of hydrogen-bond acceptors (Lipinski definition) is 4. The molecule has 14 heavy (non-hydrogen) atoms. The van der Waals surface area contributed by atoms with E-state index in [0.29, 0.717) is 12.3 Å². The lowest BCUT2D eigenvalue weighted by atomic mass is 10.1. The van der Waals surface area contributed by atoms with Crippen molar-refractivity contribution in [3.05, 3.63) is 23.8 Å². The number of phenolic OH excluding ortho intramolecular Hbond substituents is 1. The number of nitrogens with two attached hydrogens (primary N) is 1. The highest BCUT2D eigenvalue weighted by atomic mass is 16.5. The summed E-state index contributed by atoms with van der Waals surface area (Å²) in [5.41, 5.74) is 6.93. The Labute approximate surface area is 82.7 Å². The monoisotopic (exact) mass is 194 g/mol. The van der Waals surface area contributed by atoms with Crippen molar-refractivity contribution in [2.24, 2.45) is 0 Å². The second kappa shape index (κ2) is 3.86. The van der Waals surface area contributed by atoms with Gasteiger partial charge in [0, 0.05) is 6.54 Å². The maximum absolute atomic E-state index is 9.44. The van der Waals surface area contributed by atoms with E-state index >= 15 is 0 Å². The van der Waals surface area contributed by atoms with E-state index in [0.717, 1.165) is 18.7 Å². The number of ether oxygens (including phenoxy) is 1. The van der Waals surface area contributed by atoms with Crippen molar-refractivity contribution in [1.29, 1.82) is 0 Å². The van der Waals surface area contributed by atoms with Crippen molar-refractivity contribution >= 4 is 5.69 Å². The normalized spacial score (nSPS) is 22.1. The van der Waals surface area contributed by atoms with Gasteiger partial charge in [-0.15, -0.1) is 0 Å². The molecule has 0 aromatic heterocycles. The number of benzene rings is 1. The van der Waals surface area contributed by atoms with E-state index in [4.69, 9.17) is 10.5 Å². The highest BCUT2D eigenvalue weighted by Crippen LogP contribution is 2.25. The zero-order valence-corrected chi connectivity index (χ0v) is 7.86. The summed E-state index contributed by atoms with van der Waals surface area (Å²) in [4.78, 5) is 0. The minimum Gasteiger partial charge on any atom is -0.506 e. The molecule has 1 fully saturated rings. The Morgan fingerprint density at radius 3 is 3.00 bits per heavy atom. The van der Waals surface area contributed by atoms with Crippen LogP contribution in [0.4, 0.5) is 5.69 Å². The van der Waals surface area contributed by atoms with E-state index in [2.05, 4.69) is 5.32 Å². The Morgan fingerprint density at radius 1 is 1.50 bits per heavy atom. The van der Waals surface area contributed by atoms with Gasteiger partial charge in [-0.25, -0.2) is 0 Å². The molecule has 0 bridgehead atoms. The largest absolute Gasteiger partial charge is 0.506 e. The number of nitrogen functional groups attached to an aromatic ring is 1. The first kappa shape index (κ1) is 9.30. The Kier molecular flexibility index (Phi) is 2.56. The van der Waals surface area contributed by atoms with Gasteiger partial charge in [0.2, 0.25) is 0 Å². The second-order valence-electron chi connectivity index (χ2n) is 3.40. The molecule has 76 valence electrons. The molecule has 4 nitrogen and oxygen atoms in total. The van der Waals surface area contributed by atoms with Crippen LogP contribution in [0.15, 0.2) is 18.2 Å². The first-order valence-electron chi connectivity index (χ1n) is 4.67. The Hall–Kier alpha value is -1.26. The van der Waals surface area contributed by atoms with Crippen LogP contribution in [0.25, 0.3) is 0 Å². The molecule has 1 saturated heterocycles. The number of aromatic hydroxyl groups is 1. The molecule has 0 spiro atoms. The molecular formula is C10H14N2O2. The number of phenols is 1. The molecule has 0 amide bonds. The van der Waals surface area contributed by atoms with Crippen LogP contribution in [0.5, 0.6) is 5.75 Å². The first-order chi connectivity index (χ1) is 6.77. The van der Waals surface area contributed by atoms with Gasteiger partial charge in [-0.2, -0.15) is 0 Å². The van der Waals surface area contributed by atoms with Crippen LogP contribution in [-0.4, -0.2) is 24.9 Å². The topological polar surface area (TPSA) is 67.5 Å². The van der Waals surface area contributed by atoms with Crippen LogP contribution in [-0.2, 0) is 4.74 Å². The van der Waals surface area contributed by atoms with E-state index in [-0.39, 0.29) is 11.8 Å². The average molecular weight is 194 g/mol. The quantitative estimate of drug-likeness (QED) is 0.453. The summed E-state index contributed by atoms with van der Waals surface area (Å²) in [6, 6.07) is 5.46. The standard InChI is InChI=1S/C10H14N2O2/c11-8-2-1-7(5-10(8)13)9-6-14-4-3-12-9/h1-2,5,9,12-13H,3-4,6,11H2/t9-/m1/s1. The highest BCUT2D eigenvalue weighted by Gasteiger charge is 2.15. The van der Waals surface area contributed by atoms with Crippen LogP contribution in [0, 0.1) is 0 Å². The van der Waals surface area contributed by atoms with Crippen LogP contribution in [0.3, 0.4) is 0 Å². The lowest BCUT2D eigenvalue weighted by molar-refractivity contribution is 0.0768. The zero-order chi connectivity index (χ0) is 9.97. The molecule has 1 aliphatic heterocycles. The Morgan fingerprint density at radius 2 is 2.36 bits per heavy atom. The summed E-state index contributed by atoms with van der Waals surface area (Å²) in [6.45, 7) is 2.23. The molecule has 0 aliphatic carbocycles. The third-order valence-corrected chi connectivity index (χ3v) is 2.38. The van der Waals surface area contributed by atoms with E-state index < -0.39 is 0 Å². The predicted molar refractivity (Wildman–Crippen MR) is 54.1 cm³/mol. The first-order valence-corrected chi connectivity index (χ1v) is 4.67. The van der Waals surface area contributed by atoms with E-state index in [1.165, 1.54) is 0 Å². The fraction of sp³-hybridized carbons (Fsp3) is 0.400. The van der Waals surface area contributed by atoms with E-state index in [9.17, 15) is 5.11 Å². The predicted octanol–water partition coefficient (Wildman–Crippen LogP) is 0.635. The van der Waals surface area contributed by atoms with Gasteiger partial charge in [0.15, 0.2) is 0 Å². The maximum Gasteiger partial charge on any atom is 0.138 e.